The van der Waals surface area contributed by atoms with Crippen molar-refractivity contribution in [3.05, 3.63) is 28.6 Å². The first-order chi connectivity index (χ1) is 9.11. The van der Waals surface area contributed by atoms with E-state index in [-0.39, 0.29) is 18.3 Å². The first-order valence-corrected chi connectivity index (χ1v) is 6.09. The summed E-state index contributed by atoms with van der Waals surface area (Å²) in [5.41, 5.74) is 12.1. The molecule has 4 N–H and O–H groups in total. The highest BCUT2D eigenvalue weighted by atomic mass is 79.9. The van der Waals surface area contributed by atoms with E-state index in [0.29, 0.717) is 16.2 Å². The predicted molar refractivity (Wildman–Crippen MR) is 73.7 cm³/mol. The maximum atomic E-state index is 5.70. The van der Waals surface area contributed by atoms with Crippen LogP contribution in [0.3, 0.4) is 0 Å². The van der Waals surface area contributed by atoms with Crippen molar-refractivity contribution in [3.8, 4) is 11.6 Å². The van der Waals surface area contributed by atoms with Crippen LogP contribution >= 0.6 is 15.9 Å². The molecule has 8 heteroatoms. The van der Waals surface area contributed by atoms with Gasteiger partial charge < -0.3 is 20.9 Å². The van der Waals surface area contributed by atoms with Crippen LogP contribution in [0.25, 0.3) is 0 Å². The van der Waals surface area contributed by atoms with Crippen molar-refractivity contribution in [2.75, 3.05) is 18.6 Å². The highest BCUT2D eigenvalue weighted by Crippen LogP contribution is 2.26. The fourth-order valence-electron chi connectivity index (χ4n) is 1.47. The number of rotatable bonds is 4. The molecule has 7 nitrogen and oxygen atoms in total. The van der Waals surface area contributed by atoms with E-state index in [2.05, 4.69) is 30.9 Å². The number of nitrogens with two attached hydrogens (primary N) is 2. The number of pyridine rings is 1. The minimum absolute atomic E-state index is 0.200. The van der Waals surface area contributed by atoms with E-state index in [1.54, 1.807) is 12.3 Å². The largest absolute Gasteiger partial charge is 0.492 e. The topological polar surface area (TPSA) is 109 Å². The summed E-state index contributed by atoms with van der Waals surface area (Å²) in [6, 6.07) is 1.75. The van der Waals surface area contributed by atoms with E-state index >= 15 is 0 Å². The van der Waals surface area contributed by atoms with E-state index in [4.69, 9.17) is 20.9 Å². The summed E-state index contributed by atoms with van der Waals surface area (Å²) in [4.78, 5) is 11.9. The molecule has 0 unspecified atom stereocenters. The van der Waals surface area contributed by atoms with Crippen LogP contribution < -0.4 is 20.9 Å². The second-order valence-corrected chi connectivity index (χ2v) is 4.37. The van der Waals surface area contributed by atoms with Gasteiger partial charge in [0, 0.05) is 11.8 Å². The molecule has 0 fully saturated rings. The molecule has 0 spiro atoms. The summed E-state index contributed by atoms with van der Waals surface area (Å²) in [5, 5.41) is 0. The summed E-state index contributed by atoms with van der Waals surface area (Å²) in [6.07, 6.45) is 3.07. The monoisotopic (exact) mass is 325 g/mol. The van der Waals surface area contributed by atoms with Crippen molar-refractivity contribution in [1.29, 1.82) is 0 Å². The van der Waals surface area contributed by atoms with E-state index in [1.165, 1.54) is 13.3 Å². The van der Waals surface area contributed by atoms with Crippen molar-refractivity contribution in [2.24, 2.45) is 0 Å². The van der Waals surface area contributed by atoms with Crippen molar-refractivity contribution in [3.63, 3.8) is 0 Å². The molecule has 0 aliphatic carbocycles. The number of hydrogen-bond acceptors (Lipinski definition) is 7. The number of halogens is 1. The molecule has 0 amide bonds. The summed E-state index contributed by atoms with van der Waals surface area (Å²) >= 11 is 3.20. The van der Waals surface area contributed by atoms with Crippen LogP contribution in [0.4, 0.5) is 11.6 Å². The number of aromatic nitrogens is 3. The Morgan fingerprint density at radius 3 is 2.79 bits per heavy atom. The lowest BCUT2D eigenvalue weighted by molar-refractivity contribution is 0.286. The number of methoxy groups -OCH3 is 1. The molecule has 2 rings (SSSR count). The fraction of sp³-hybridized carbons (Fsp3) is 0.182. The van der Waals surface area contributed by atoms with Gasteiger partial charge in [-0.05, 0) is 22.0 Å². The second-order valence-electron chi connectivity index (χ2n) is 3.56. The maximum absolute atomic E-state index is 5.70. The van der Waals surface area contributed by atoms with E-state index in [1.807, 2.05) is 0 Å². The summed E-state index contributed by atoms with van der Waals surface area (Å²) < 4.78 is 11.2. The molecular formula is C11H12BrN5O2. The average Bonchev–Trinajstić information content (AvgIpc) is 2.40. The second kappa shape index (κ2) is 5.70. The third-order valence-electron chi connectivity index (χ3n) is 2.32. The van der Waals surface area contributed by atoms with E-state index in [9.17, 15) is 0 Å². The summed E-state index contributed by atoms with van der Waals surface area (Å²) in [7, 11) is 1.52. The first-order valence-electron chi connectivity index (χ1n) is 5.30. The van der Waals surface area contributed by atoms with Gasteiger partial charge in [0.1, 0.15) is 11.2 Å². The van der Waals surface area contributed by atoms with E-state index in [0.717, 1.165) is 5.56 Å². The standard InChI is InChI=1S/C11H12BrN5O2/c1-18-8-6(2-3-15-9(8)13)5-19-11-10(14)16-4-7(12)17-11/h2-4H,5H2,1H3,(H2,13,15)(H2,14,16). The molecule has 2 aromatic heterocycles. The Labute approximate surface area is 118 Å². The Morgan fingerprint density at radius 1 is 1.26 bits per heavy atom. The van der Waals surface area contributed by atoms with Gasteiger partial charge in [0.25, 0.3) is 5.88 Å². The zero-order valence-corrected chi connectivity index (χ0v) is 11.7. The van der Waals surface area contributed by atoms with E-state index < -0.39 is 0 Å². The first kappa shape index (κ1) is 13.3. The van der Waals surface area contributed by atoms with Crippen LogP contribution in [0.15, 0.2) is 23.1 Å². The predicted octanol–water partition coefficient (Wildman–Crippen LogP) is 1.39. The summed E-state index contributed by atoms with van der Waals surface area (Å²) in [5.74, 6) is 1.23. The van der Waals surface area contributed by atoms with Gasteiger partial charge in [-0.25, -0.2) is 15.0 Å². The molecule has 0 bridgehead atoms. The Bertz CT molecular complexity index is 593. The third-order valence-corrected chi connectivity index (χ3v) is 2.70. The number of nitrogen functional groups attached to an aromatic ring is 2. The zero-order valence-electron chi connectivity index (χ0n) is 10.1. The van der Waals surface area contributed by atoms with Gasteiger partial charge in [0.05, 0.1) is 13.3 Å². The van der Waals surface area contributed by atoms with Gasteiger partial charge in [-0.3, -0.25) is 0 Å². The Kier molecular flexibility index (Phi) is 4.00. The Balaban J connectivity index is 2.19. The van der Waals surface area contributed by atoms with Crippen molar-refractivity contribution in [1.82, 2.24) is 15.0 Å². The summed E-state index contributed by atoms with van der Waals surface area (Å²) in [6.45, 7) is 0.200. The minimum Gasteiger partial charge on any atom is -0.492 e. The van der Waals surface area contributed by atoms with Crippen LogP contribution in [0.1, 0.15) is 5.56 Å². The minimum atomic E-state index is 0.200. The zero-order chi connectivity index (χ0) is 13.8. The number of nitrogens with zero attached hydrogens (tertiary/aromatic N) is 3. The maximum Gasteiger partial charge on any atom is 0.258 e. The van der Waals surface area contributed by atoms with Crippen LogP contribution in [0, 0.1) is 0 Å². The Hall–Kier alpha value is -2.09. The number of hydrogen-bond donors (Lipinski definition) is 2. The van der Waals surface area contributed by atoms with Crippen molar-refractivity contribution in [2.45, 2.75) is 6.61 Å². The van der Waals surface area contributed by atoms with Crippen LogP contribution in [-0.4, -0.2) is 22.1 Å². The number of ether oxygens (including phenoxy) is 2. The smallest absolute Gasteiger partial charge is 0.258 e. The molecule has 0 atom stereocenters. The van der Waals surface area contributed by atoms with Gasteiger partial charge in [-0.15, -0.1) is 0 Å². The van der Waals surface area contributed by atoms with Gasteiger partial charge in [0.2, 0.25) is 0 Å². The average molecular weight is 326 g/mol. The van der Waals surface area contributed by atoms with Gasteiger partial charge in [-0.1, -0.05) is 0 Å². The molecule has 2 heterocycles. The lowest BCUT2D eigenvalue weighted by Crippen LogP contribution is -2.06. The highest BCUT2D eigenvalue weighted by Gasteiger charge is 2.10. The lowest BCUT2D eigenvalue weighted by Gasteiger charge is -2.11. The van der Waals surface area contributed by atoms with Crippen LogP contribution in [-0.2, 0) is 6.61 Å². The molecular weight excluding hydrogens is 314 g/mol. The fourth-order valence-corrected chi connectivity index (χ4v) is 1.73. The quantitative estimate of drug-likeness (QED) is 0.873. The molecule has 19 heavy (non-hydrogen) atoms. The van der Waals surface area contributed by atoms with Gasteiger partial charge in [0.15, 0.2) is 17.4 Å². The molecule has 0 saturated heterocycles. The molecule has 2 aromatic rings. The van der Waals surface area contributed by atoms with Crippen molar-refractivity contribution < 1.29 is 9.47 Å². The molecule has 0 aliphatic heterocycles. The molecule has 0 radical (unpaired) electrons. The molecule has 0 aliphatic rings. The van der Waals surface area contributed by atoms with Crippen LogP contribution in [0.2, 0.25) is 0 Å². The van der Waals surface area contributed by atoms with Crippen molar-refractivity contribution >= 4 is 27.6 Å². The molecule has 0 saturated carbocycles. The van der Waals surface area contributed by atoms with Crippen LogP contribution in [0.5, 0.6) is 11.6 Å². The number of anilines is 2. The normalized spacial score (nSPS) is 10.2. The molecule has 0 aromatic carbocycles. The highest BCUT2D eigenvalue weighted by molar-refractivity contribution is 9.10. The van der Waals surface area contributed by atoms with Gasteiger partial charge >= 0.3 is 0 Å². The Morgan fingerprint density at radius 2 is 2.05 bits per heavy atom. The van der Waals surface area contributed by atoms with Gasteiger partial charge in [-0.2, -0.15) is 0 Å². The lowest BCUT2D eigenvalue weighted by atomic mass is 10.2. The molecule has 100 valence electrons. The SMILES string of the molecule is COc1c(COc2nc(Br)cnc2N)ccnc1N. The third kappa shape index (κ3) is 3.02.